The number of hydrogen-bond donors (Lipinski definition) is 0. The van der Waals surface area contributed by atoms with Gasteiger partial charge in [0.2, 0.25) is 0 Å². The third kappa shape index (κ3) is 15.9. The van der Waals surface area contributed by atoms with Gasteiger partial charge in [0.1, 0.15) is 9.52 Å². The van der Waals surface area contributed by atoms with Crippen LogP contribution in [-0.4, -0.2) is 15.4 Å². The molecule has 1 saturated carbocycles. The zero-order valence-corrected chi connectivity index (χ0v) is 27.4. The molecule has 1 aliphatic rings. The maximum Gasteiger partial charge on any atom is 4.00 e. The normalized spacial score (nSPS) is 14.0. The Morgan fingerprint density at radius 1 is 0.625 bits per heavy atom. The Morgan fingerprint density at radius 3 is 1.50 bits per heavy atom. The second-order valence-electron chi connectivity index (χ2n) is 9.83. The standard InChI is InChI=1S/C13H25NO.C12H10Si.C9H7.2ClH.Ti/c14-13(15)12-10-8-6-4-2-1-3-5-7-9-11-12;1-3-7-11(8-4-1)13-12-9-5-2-6-10-12;1-2-5-9-7-3-6-8(9)4-1;;;/h12H,1-11H2,(H2,14,15);1-10H;1-7H;2*1H;/q;;-1;;;+4/p-3. The van der Waals surface area contributed by atoms with Crippen molar-refractivity contribution in [3.8, 4) is 0 Å². The second kappa shape index (κ2) is 23.9. The van der Waals surface area contributed by atoms with Crippen molar-refractivity contribution in [2.24, 2.45) is 5.92 Å². The molecule has 40 heavy (non-hydrogen) atoms. The van der Waals surface area contributed by atoms with Crippen molar-refractivity contribution in [2.75, 3.05) is 0 Å². The molecule has 0 aliphatic heterocycles. The number of nitrogens with one attached hydrogen (secondary N) is 1. The molecule has 0 saturated heterocycles. The van der Waals surface area contributed by atoms with Gasteiger partial charge in [-0.05, 0) is 12.8 Å². The summed E-state index contributed by atoms with van der Waals surface area (Å²) < 4.78 is 0. The largest absolute Gasteiger partial charge is 4.00 e. The summed E-state index contributed by atoms with van der Waals surface area (Å²) in [4.78, 5) is 11.1. The van der Waals surface area contributed by atoms with Crippen LogP contribution < -0.4 is 35.2 Å². The third-order valence-electron chi connectivity index (χ3n) is 6.86. The first-order chi connectivity index (χ1) is 18.2. The summed E-state index contributed by atoms with van der Waals surface area (Å²) >= 11 is 0. The number of carbonyl (C=O) groups excluding carboxylic acids is 1. The molecule has 4 aromatic rings. The average molecular weight is 627 g/mol. The molecule has 4 aromatic carbocycles. The Balaban J connectivity index is 0.000000562. The maximum atomic E-state index is 11.1. The van der Waals surface area contributed by atoms with Gasteiger partial charge in [-0.1, -0.05) is 135 Å². The monoisotopic (exact) mass is 625 g/mol. The molecule has 0 atom stereocenters. The summed E-state index contributed by atoms with van der Waals surface area (Å²) in [7, 11) is 0.777. The van der Waals surface area contributed by atoms with Gasteiger partial charge in [-0.15, -0.1) is 29.7 Å². The number of carbonyl (C=O) groups is 1. The minimum absolute atomic E-state index is 0. The summed E-state index contributed by atoms with van der Waals surface area (Å²) in [6.07, 6.45) is 13.5. The minimum atomic E-state index is -0.327. The van der Waals surface area contributed by atoms with E-state index < -0.39 is 0 Å². The van der Waals surface area contributed by atoms with Gasteiger partial charge in [-0.2, -0.15) is 17.5 Å². The van der Waals surface area contributed by atoms with Crippen LogP contribution >= 0.6 is 0 Å². The first kappa shape index (κ1) is 38.3. The van der Waals surface area contributed by atoms with E-state index in [2.05, 4.69) is 103 Å². The van der Waals surface area contributed by atoms with Crippen LogP contribution in [0.15, 0.2) is 103 Å². The summed E-state index contributed by atoms with van der Waals surface area (Å²) in [5, 5.41) is 5.46. The molecule has 210 valence electrons. The fraction of sp³-hybridized carbons (Fsp3) is 0.353. The summed E-state index contributed by atoms with van der Waals surface area (Å²) in [6, 6.07) is 35.8. The van der Waals surface area contributed by atoms with Gasteiger partial charge in [0.15, 0.2) is 0 Å². The van der Waals surface area contributed by atoms with Crippen LogP contribution in [0.2, 0.25) is 0 Å². The van der Waals surface area contributed by atoms with Crippen molar-refractivity contribution >= 4 is 36.6 Å². The van der Waals surface area contributed by atoms with E-state index in [-0.39, 0.29) is 58.4 Å². The molecule has 0 spiro atoms. The summed E-state index contributed by atoms with van der Waals surface area (Å²) in [5.41, 5.74) is 7.23. The molecule has 1 N–H and O–H groups in total. The Labute approximate surface area is 271 Å². The van der Waals surface area contributed by atoms with Crippen LogP contribution in [0, 0.1) is 5.92 Å². The molecular weight excluding hydrogens is 585 g/mol. The smallest absolute Gasteiger partial charge is 1.00 e. The van der Waals surface area contributed by atoms with E-state index in [1.165, 1.54) is 66.1 Å². The zero-order valence-electron chi connectivity index (χ0n) is 23.3. The van der Waals surface area contributed by atoms with Gasteiger partial charge < -0.3 is 35.3 Å². The van der Waals surface area contributed by atoms with Crippen molar-refractivity contribution in [2.45, 2.75) is 70.6 Å². The van der Waals surface area contributed by atoms with E-state index >= 15 is 0 Å². The van der Waals surface area contributed by atoms with E-state index in [9.17, 15) is 4.79 Å². The molecule has 6 heteroatoms. The minimum Gasteiger partial charge on any atom is -1.00 e. The molecule has 0 heterocycles. The third-order valence-corrected chi connectivity index (χ3v) is 8.10. The molecule has 0 aromatic heterocycles. The maximum absolute atomic E-state index is 11.1. The van der Waals surface area contributed by atoms with Crippen LogP contribution in [0.4, 0.5) is 0 Å². The number of benzene rings is 3. The van der Waals surface area contributed by atoms with Gasteiger partial charge in [-0.3, -0.25) is 0 Å². The fourth-order valence-electron chi connectivity index (χ4n) is 4.70. The van der Waals surface area contributed by atoms with Crippen molar-refractivity contribution < 1.29 is 51.3 Å². The molecular formula is C34H41Cl2NOSiTi. The van der Waals surface area contributed by atoms with E-state index in [0.717, 1.165) is 35.2 Å². The van der Waals surface area contributed by atoms with Crippen LogP contribution in [0.25, 0.3) is 16.5 Å². The van der Waals surface area contributed by atoms with Gasteiger partial charge in [0.05, 0.1) is 5.91 Å². The molecule has 1 fully saturated rings. The molecule has 0 bridgehead atoms. The predicted octanol–water partition coefficient (Wildman–Crippen LogP) is 2.39. The first-order valence-corrected chi connectivity index (χ1v) is 15.0. The molecule has 1 amide bonds. The van der Waals surface area contributed by atoms with Crippen LogP contribution in [0.3, 0.4) is 0 Å². The quantitative estimate of drug-likeness (QED) is 0.255. The Morgan fingerprint density at radius 2 is 1.05 bits per heavy atom. The topological polar surface area (TPSA) is 40.9 Å². The number of halogens is 2. The number of amides is 1. The predicted molar refractivity (Wildman–Crippen MR) is 161 cm³/mol. The summed E-state index contributed by atoms with van der Waals surface area (Å²) in [5.74, 6) is -0.281. The fourth-order valence-corrected chi connectivity index (χ4v) is 5.76. The molecule has 1 aliphatic carbocycles. The average Bonchev–Trinajstić information content (AvgIpc) is 3.40. The van der Waals surface area contributed by atoms with Crippen molar-refractivity contribution in [3.05, 3.63) is 109 Å². The van der Waals surface area contributed by atoms with Gasteiger partial charge in [0, 0.05) is 5.92 Å². The molecule has 0 unspecified atom stereocenters. The molecule has 2 nitrogen and oxygen atoms in total. The number of hydrogen-bond acceptors (Lipinski definition) is 1. The number of rotatable bonds is 3. The van der Waals surface area contributed by atoms with E-state index in [1.807, 2.05) is 0 Å². The summed E-state index contributed by atoms with van der Waals surface area (Å²) in [6.45, 7) is 0. The molecule has 2 radical (unpaired) electrons. The van der Waals surface area contributed by atoms with E-state index in [4.69, 9.17) is 5.73 Å². The van der Waals surface area contributed by atoms with E-state index in [1.54, 1.807) is 0 Å². The van der Waals surface area contributed by atoms with Gasteiger partial charge in [-0.25, -0.2) is 0 Å². The van der Waals surface area contributed by atoms with Gasteiger partial charge in [0.25, 0.3) is 0 Å². The number of fused-ring (bicyclic) bond motifs is 1. The van der Waals surface area contributed by atoms with Crippen molar-refractivity contribution in [1.29, 1.82) is 0 Å². The second-order valence-corrected chi connectivity index (χ2v) is 11.2. The zero-order chi connectivity index (χ0) is 26.0. The van der Waals surface area contributed by atoms with Gasteiger partial charge >= 0.3 is 21.7 Å². The van der Waals surface area contributed by atoms with Crippen molar-refractivity contribution in [1.82, 2.24) is 0 Å². The SMILES string of the molecule is [Cl-].[Cl-].[NH-]C(=O)C1CCCCCCCCCCC1.[Ti+4].c1ccc([Si]c2ccccc2)cc1.c1ccc2[cH-]ccc2c1. The Kier molecular flexibility index (Phi) is 22.9. The van der Waals surface area contributed by atoms with Crippen LogP contribution in [0.5, 0.6) is 0 Å². The van der Waals surface area contributed by atoms with E-state index in [0.29, 0.717) is 0 Å². The Hall–Kier alpha value is -1.75. The Bertz CT molecular complexity index is 1060. The van der Waals surface area contributed by atoms with Crippen molar-refractivity contribution in [3.63, 3.8) is 0 Å². The van der Waals surface area contributed by atoms with Crippen LogP contribution in [-0.2, 0) is 26.5 Å². The molecule has 5 rings (SSSR count). The first-order valence-electron chi connectivity index (χ1n) is 14.0. The van der Waals surface area contributed by atoms with Crippen LogP contribution in [0.1, 0.15) is 70.6 Å².